The number of ether oxygens (including phenoxy) is 1. The van der Waals surface area contributed by atoms with Gasteiger partial charge in [-0.2, -0.15) is 4.99 Å². The molecule has 2 aliphatic heterocycles. The Bertz CT molecular complexity index is 615. The Kier molecular flexibility index (Phi) is 2.85. The zero-order valence-corrected chi connectivity index (χ0v) is 10.8. The number of amides is 3. The van der Waals surface area contributed by atoms with Crippen molar-refractivity contribution in [2.45, 2.75) is 18.9 Å². The predicted octanol–water partition coefficient (Wildman–Crippen LogP) is 1.02. The molecule has 0 N–H and O–H groups in total. The van der Waals surface area contributed by atoms with Crippen LogP contribution < -0.4 is 0 Å². The minimum Gasteiger partial charge on any atom is -0.484 e. The first-order valence-electron chi connectivity index (χ1n) is 6.26. The fraction of sp³-hybridized carbons (Fsp3) is 0.286. The molecule has 0 saturated carbocycles. The van der Waals surface area contributed by atoms with Gasteiger partial charge in [0.1, 0.15) is 6.04 Å². The number of hydrogen-bond donors (Lipinski definition) is 0. The van der Waals surface area contributed by atoms with E-state index in [9.17, 15) is 14.4 Å². The number of aliphatic imine (C=N–C) groups is 1. The molecule has 1 unspecified atom stereocenters. The molecule has 1 aromatic rings. The maximum Gasteiger partial charge on any atom is 0.271 e. The third-order valence-electron chi connectivity index (χ3n) is 3.52. The molecule has 20 heavy (non-hydrogen) atoms. The third-order valence-corrected chi connectivity index (χ3v) is 3.52. The third kappa shape index (κ3) is 1.72. The molecule has 6 heteroatoms. The summed E-state index contributed by atoms with van der Waals surface area (Å²) in [6, 6.07) is 5.73. The minimum atomic E-state index is -0.832. The lowest BCUT2D eigenvalue weighted by Crippen LogP contribution is -2.46. The number of carbonyl (C=O) groups is 3. The molecule has 0 radical (unpaired) electrons. The molecule has 0 bridgehead atoms. The van der Waals surface area contributed by atoms with Crippen molar-refractivity contribution in [2.24, 2.45) is 4.99 Å². The SMILES string of the molecule is COC1=NC(=O)C(N2C(=O)c3ccccc3C2=O)CC1. The quantitative estimate of drug-likeness (QED) is 0.715. The minimum absolute atomic E-state index is 0.336. The van der Waals surface area contributed by atoms with E-state index in [4.69, 9.17) is 4.74 Å². The van der Waals surface area contributed by atoms with Crippen LogP contribution in [-0.4, -0.2) is 41.7 Å². The van der Waals surface area contributed by atoms with Crippen LogP contribution in [0.25, 0.3) is 0 Å². The van der Waals surface area contributed by atoms with Crippen LogP contribution in [0.4, 0.5) is 0 Å². The van der Waals surface area contributed by atoms with Gasteiger partial charge >= 0.3 is 0 Å². The molecule has 2 aliphatic rings. The van der Waals surface area contributed by atoms with E-state index in [0.29, 0.717) is 29.9 Å². The summed E-state index contributed by atoms with van der Waals surface area (Å²) in [4.78, 5) is 41.3. The Morgan fingerprint density at radius 1 is 1.15 bits per heavy atom. The Balaban J connectivity index is 1.94. The van der Waals surface area contributed by atoms with Crippen molar-refractivity contribution < 1.29 is 19.1 Å². The van der Waals surface area contributed by atoms with Gasteiger partial charge in [0.05, 0.1) is 18.2 Å². The van der Waals surface area contributed by atoms with Crippen LogP contribution in [-0.2, 0) is 9.53 Å². The van der Waals surface area contributed by atoms with E-state index in [-0.39, 0.29) is 0 Å². The van der Waals surface area contributed by atoms with Gasteiger partial charge in [-0.25, -0.2) is 0 Å². The van der Waals surface area contributed by atoms with Gasteiger partial charge < -0.3 is 4.74 Å². The van der Waals surface area contributed by atoms with Gasteiger partial charge in [-0.05, 0) is 18.6 Å². The summed E-state index contributed by atoms with van der Waals surface area (Å²) in [5.41, 5.74) is 0.679. The molecule has 0 saturated heterocycles. The zero-order chi connectivity index (χ0) is 14.3. The van der Waals surface area contributed by atoms with E-state index < -0.39 is 23.8 Å². The fourth-order valence-electron chi connectivity index (χ4n) is 2.52. The number of hydrogen-bond acceptors (Lipinski definition) is 4. The van der Waals surface area contributed by atoms with E-state index in [1.807, 2.05) is 0 Å². The van der Waals surface area contributed by atoms with Gasteiger partial charge in [0.25, 0.3) is 17.7 Å². The number of nitrogens with zero attached hydrogens (tertiary/aromatic N) is 2. The smallest absolute Gasteiger partial charge is 0.271 e. The second-order valence-electron chi connectivity index (χ2n) is 4.63. The Morgan fingerprint density at radius 3 is 2.25 bits per heavy atom. The van der Waals surface area contributed by atoms with Gasteiger partial charge in [0, 0.05) is 6.42 Å². The molecule has 102 valence electrons. The predicted molar refractivity (Wildman–Crippen MR) is 69.4 cm³/mol. The van der Waals surface area contributed by atoms with Gasteiger partial charge in [0.2, 0.25) is 0 Å². The molecule has 2 heterocycles. The van der Waals surface area contributed by atoms with E-state index in [1.54, 1.807) is 24.3 Å². The monoisotopic (exact) mass is 272 g/mol. The highest BCUT2D eigenvalue weighted by molar-refractivity contribution is 6.23. The first kappa shape index (κ1) is 12.5. The van der Waals surface area contributed by atoms with Crippen LogP contribution in [0.1, 0.15) is 33.6 Å². The molecule has 0 spiro atoms. The van der Waals surface area contributed by atoms with Crippen LogP contribution >= 0.6 is 0 Å². The number of imide groups is 1. The summed E-state index contributed by atoms with van der Waals surface area (Å²) < 4.78 is 4.93. The lowest BCUT2D eigenvalue weighted by Gasteiger charge is -2.26. The Labute approximate surface area is 115 Å². The van der Waals surface area contributed by atoms with Gasteiger partial charge in [-0.3, -0.25) is 19.3 Å². The van der Waals surface area contributed by atoms with Crippen LogP contribution in [0.15, 0.2) is 29.3 Å². The lowest BCUT2D eigenvalue weighted by atomic mass is 10.1. The molecule has 3 rings (SSSR count). The van der Waals surface area contributed by atoms with E-state index >= 15 is 0 Å². The first-order valence-corrected chi connectivity index (χ1v) is 6.26. The lowest BCUT2D eigenvalue weighted by molar-refractivity contribution is -0.122. The van der Waals surface area contributed by atoms with Crippen molar-refractivity contribution in [3.8, 4) is 0 Å². The van der Waals surface area contributed by atoms with E-state index in [2.05, 4.69) is 4.99 Å². The molecule has 0 aliphatic carbocycles. The number of methoxy groups -OCH3 is 1. The maximum atomic E-state index is 12.3. The molecule has 1 atom stereocenters. The van der Waals surface area contributed by atoms with Crippen molar-refractivity contribution in [3.05, 3.63) is 35.4 Å². The van der Waals surface area contributed by atoms with E-state index in [1.165, 1.54) is 7.11 Å². The highest BCUT2D eigenvalue weighted by atomic mass is 16.5. The van der Waals surface area contributed by atoms with Crippen molar-refractivity contribution in [3.63, 3.8) is 0 Å². The maximum absolute atomic E-state index is 12.3. The van der Waals surface area contributed by atoms with Gasteiger partial charge in [0.15, 0.2) is 5.90 Å². The van der Waals surface area contributed by atoms with Crippen LogP contribution in [0.5, 0.6) is 0 Å². The molecule has 0 fully saturated rings. The molecule has 3 amide bonds. The highest BCUT2D eigenvalue weighted by Gasteiger charge is 2.43. The molecular formula is C14H12N2O4. The second kappa shape index (κ2) is 4.56. The van der Waals surface area contributed by atoms with Crippen molar-refractivity contribution >= 4 is 23.6 Å². The summed E-state index contributed by atoms with van der Waals surface area (Å²) in [5.74, 6) is -1.04. The highest BCUT2D eigenvalue weighted by Crippen LogP contribution is 2.27. The zero-order valence-electron chi connectivity index (χ0n) is 10.8. The molecule has 1 aromatic carbocycles. The topological polar surface area (TPSA) is 76.0 Å². The van der Waals surface area contributed by atoms with Crippen molar-refractivity contribution in [2.75, 3.05) is 7.11 Å². The summed E-state index contributed by atoms with van der Waals surface area (Å²) >= 11 is 0. The average Bonchev–Trinajstić information content (AvgIpc) is 2.72. The van der Waals surface area contributed by atoms with E-state index in [0.717, 1.165) is 4.90 Å². The van der Waals surface area contributed by atoms with Crippen LogP contribution in [0, 0.1) is 0 Å². The standard InChI is InChI=1S/C14H12N2O4/c1-20-11-7-6-10(12(17)15-11)16-13(18)8-4-2-3-5-9(8)14(16)19/h2-5,10H,6-7H2,1H3. The van der Waals surface area contributed by atoms with Crippen molar-refractivity contribution in [1.82, 2.24) is 4.90 Å². The largest absolute Gasteiger partial charge is 0.484 e. The van der Waals surface area contributed by atoms with Crippen molar-refractivity contribution in [1.29, 1.82) is 0 Å². The summed E-state index contributed by atoms with van der Waals surface area (Å²) in [5, 5.41) is 0. The summed E-state index contributed by atoms with van der Waals surface area (Å²) in [6.45, 7) is 0. The normalized spacial score (nSPS) is 21.9. The number of fused-ring (bicyclic) bond motifs is 1. The number of carbonyl (C=O) groups excluding carboxylic acids is 3. The molecule has 6 nitrogen and oxygen atoms in total. The first-order chi connectivity index (χ1) is 9.63. The number of benzene rings is 1. The van der Waals surface area contributed by atoms with Gasteiger partial charge in [-0.15, -0.1) is 0 Å². The average molecular weight is 272 g/mol. The van der Waals surface area contributed by atoms with Crippen LogP contribution in [0.3, 0.4) is 0 Å². The summed E-state index contributed by atoms with van der Waals surface area (Å²) in [6.07, 6.45) is 0.775. The van der Waals surface area contributed by atoms with Gasteiger partial charge in [-0.1, -0.05) is 12.1 Å². The Morgan fingerprint density at radius 2 is 1.75 bits per heavy atom. The molecule has 0 aromatic heterocycles. The second-order valence-corrected chi connectivity index (χ2v) is 4.63. The molecular weight excluding hydrogens is 260 g/mol. The Hall–Kier alpha value is -2.50. The summed E-state index contributed by atoms with van der Waals surface area (Å²) in [7, 11) is 1.44. The number of rotatable bonds is 1. The fourth-order valence-corrected chi connectivity index (χ4v) is 2.52. The van der Waals surface area contributed by atoms with Crippen LogP contribution in [0.2, 0.25) is 0 Å².